The lowest BCUT2D eigenvalue weighted by molar-refractivity contribution is 0.402. The lowest BCUT2D eigenvalue weighted by atomic mass is 10.0. The first-order valence-electron chi connectivity index (χ1n) is 8.77. The molecule has 140 valence electrons. The SMILES string of the molecule is COc1ccc(C)cc1S(=O)(=O)Nc1ccc(N2CCCC(C)C2)nc1. The number of anilines is 2. The van der Waals surface area contributed by atoms with E-state index in [4.69, 9.17) is 4.74 Å². The molecule has 1 fully saturated rings. The van der Waals surface area contributed by atoms with Gasteiger partial charge in [0.2, 0.25) is 0 Å². The predicted molar refractivity (Wildman–Crippen MR) is 103 cm³/mol. The molecule has 1 aliphatic heterocycles. The third-order valence-electron chi connectivity index (χ3n) is 4.59. The number of benzene rings is 1. The molecule has 1 unspecified atom stereocenters. The van der Waals surface area contributed by atoms with Crippen LogP contribution in [0.15, 0.2) is 41.4 Å². The van der Waals surface area contributed by atoms with E-state index >= 15 is 0 Å². The Morgan fingerprint density at radius 1 is 1.27 bits per heavy atom. The van der Waals surface area contributed by atoms with Gasteiger partial charge < -0.3 is 9.64 Å². The van der Waals surface area contributed by atoms with E-state index < -0.39 is 10.0 Å². The molecule has 2 heterocycles. The number of aryl methyl sites for hydroxylation is 1. The van der Waals surface area contributed by atoms with Gasteiger partial charge in [0.1, 0.15) is 16.5 Å². The minimum atomic E-state index is -3.75. The molecule has 0 bridgehead atoms. The summed E-state index contributed by atoms with van der Waals surface area (Å²) in [6.07, 6.45) is 3.96. The van der Waals surface area contributed by atoms with E-state index in [1.54, 1.807) is 24.4 Å². The van der Waals surface area contributed by atoms with Gasteiger partial charge in [-0.05, 0) is 55.5 Å². The van der Waals surface area contributed by atoms with Crippen LogP contribution in [0, 0.1) is 12.8 Å². The fourth-order valence-electron chi connectivity index (χ4n) is 3.24. The van der Waals surface area contributed by atoms with Crippen LogP contribution < -0.4 is 14.4 Å². The quantitative estimate of drug-likeness (QED) is 0.867. The van der Waals surface area contributed by atoms with E-state index in [0.717, 1.165) is 30.9 Å². The Morgan fingerprint density at radius 3 is 2.73 bits per heavy atom. The van der Waals surface area contributed by atoms with Crippen LogP contribution in [0.1, 0.15) is 25.3 Å². The van der Waals surface area contributed by atoms with Crippen LogP contribution in [0.5, 0.6) is 5.75 Å². The highest BCUT2D eigenvalue weighted by atomic mass is 32.2. The van der Waals surface area contributed by atoms with Crippen LogP contribution in [0.2, 0.25) is 0 Å². The molecule has 1 N–H and O–H groups in total. The molecule has 0 amide bonds. The number of nitrogens with zero attached hydrogens (tertiary/aromatic N) is 2. The minimum Gasteiger partial charge on any atom is -0.495 e. The molecule has 0 saturated carbocycles. The summed E-state index contributed by atoms with van der Waals surface area (Å²) in [5.74, 6) is 1.85. The maximum atomic E-state index is 12.7. The largest absolute Gasteiger partial charge is 0.495 e. The highest BCUT2D eigenvalue weighted by Crippen LogP contribution is 2.27. The molecule has 7 heteroatoms. The fourth-order valence-corrected chi connectivity index (χ4v) is 4.53. The Balaban J connectivity index is 1.79. The second-order valence-electron chi connectivity index (χ2n) is 6.86. The Hall–Kier alpha value is -2.28. The van der Waals surface area contributed by atoms with Crippen molar-refractivity contribution in [1.82, 2.24) is 4.98 Å². The molecule has 2 aromatic rings. The molecule has 0 spiro atoms. The van der Waals surface area contributed by atoms with Gasteiger partial charge in [-0.15, -0.1) is 0 Å². The summed E-state index contributed by atoms with van der Waals surface area (Å²) >= 11 is 0. The van der Waals surface area contributed by atoms with E-state index in [0.29, 0.717) is 17.4 Å². The van der Waals surface area contributed by atoms with Crippen molar-refractivity contribution < 1.29 is 13.2 Å². The summed E-state index contributed by atoms with van der Waals surface area (Å²) in [4.78, 5) is 6.81. The van der Waals surface area contributed by atoms with Crippen molar-refractivity contribution in [2.75, 3.05) is 29.8 Å². The summed E-state index contributed by atoms with van der Waals surface area (Å²) in [6.45, 7) is 6.06. The van der Waals surface area contributed by atoms with Gasteiger partial charge in [-0.2, -0.15) is 0 Å². The molecule has 3 rings (SSSR count). The summed E-state index contributed by atoms with van der Waals surface area (Å²) in [5.41, 5.74) is 1.28. The smallest absolute Gasteiger partial charge is 0.265 e. The second-order valence-corrected chi connectivity index (χ2v) is 8.51. The highest BCUT2D eigenvalue weighted by Gasteiger charge is 2.21. The predicted octanol–water partition coefficient (Wildman–Crippen LogP) is 3.44. The maximum Gasteiger partial charge on any atom is 0.265 e. The number of piperidine rings is 1. The summed E-state index contributed by atoms with van der Waals surface area (Å²) in [7, 11) is -2.30. The van der Waals surface area contributed by atoms with E-state index in [9.17, 15) is 8.42 Å². The molecule has 1 saturated heterocycles. The zero-order valence-electron chi connectivity index (χ0n) is 15.4. The number of rotatable bonds is 5. The molecule has 1 aromatic heterocycles. The Bertz CT molecular complexity index is 866. The first-order chi connectivity index (χ1) is 12.4. The van der Waals surface area contributed by atoms with E-state index in [2.05, 4.69) is 21.5 Å². The number of pyridine rings is 1. The summed E-state index contributed by atoms with van der Waals surface area (Å²) in [6, 6.07) is 8.68. The van der Waals surface area contributed by atoms with Crippen molar-refractivity contribution in [2.24, 2.45) is 5.92 Å². The number of nitrogens with one attached hydrogen (secondary N) is 1. The molecule has 1 atom stereocenters. The number of methoxy groups -OCH3 is 1. The van der Waals surface area contributed by atoms with Crippen LogP contribution in [0.25, 0.3) is 0 Å². The summed E-state index contributed by atoms with van der Waals surface area (Å²) in [5, 5.41) is 0. The van der Waals surface area contributed by atoms with Crippen LogP contribution in [0.3, 0.4) is 0 Å². The third kappa shape index (κ3) is 4.09. The Morgan fingerprint density at radius 2 is 2.08 bits per heavy atom. The molecule has 6 nitrogen and oxygen atoms in total. The van der Waals surface area contributed by atoms with E-state index in [1.807, 2.05) is 19.1 Å². The highest BCUT2D eigenvalue weighted by molar-refractivity contribution is 7.92. The average Bonchev–Trinajstić information content (AvgIpc) is 2.62. The minimum absolute atomic E-state index is 0.119. The number of sulfonamides is 1. The fraction of sp³-hybridized carbons (Fsp3) is 0.421. The zero-order valence-corrected chi connectivity index (χ0v) is 16.2. The molecule has 0 radical (unpaired) electrons. The monoisotopic (exact) mass is 375 g/mol. The molecule has 0 aliphatic carbocycles. The first-order valence-corrected chi connectivity index (χ1v) is 10.3. The van der Waals surface area contributed by atoms with E-state index in [1.165, 1.54) is 13.5 Å². The van der Waals surface area contributed by atoms with Crippen LogP contribution in [0.4, 0.5) is 11.5 Å². The number of ether oxygens (including phenoxy) is 1. The molecular formula is C19H25N3O3S. The van der Waals surface area contributed by atoms with Gasteiger partial charge in [-0.1, -0.05) is 13.0 Å². The van der Waals surface area contributed by atoms with Gasteiger partial charge in [-0.3, -0.25) is 4.72 Å². The molecule has 1 aromatic carbocycles. The maximum absolute atomic E-state index is 12.7. The number of aromatic nitrogens is 1. The lowest BCUT2D eigenvalue weighted by Gasteiger charge is -2.31. The topological polar surface area (TPSA) is 71.5 Å². The zero-order chi connectivity index (χ0) is 18.7. The van der Waals surface area contributed by atoms with Gasteiger partial charge in [-0.25, -0.2) is 13.4 Å². The van der Waals surface area contributed by atoms with Crippen molar-refractivity contribution >= 4 is 21.5 Å². The van der Waals surface area contributed by atoms with Gasteiger partial charge in [0.25, 0.3) is 10.0 Å². The average molecular weight is 375 g/mol. The number of hydrogen-bond acceptors (Lipinski definition) is 5. The molecule has 1 aliphatic rings. The van der Waals surface area contributed by atoms with Crippen molar-refractivity contribution in [3.8, 4) is 5.75 Å². The van der Waals surface area contributed by atoms with Crippen molar-refractivity contribution in [3.05, 3.63) is 42.1 Å². The molecule has 26 heavy (non-hydrogen) atoms. The lowest BCUT2D eigenvalue weighted by Crippen LogP contribution is -2.34. The standard InChI is InChI=1S/C19H25N3O3S/c1-14-6-8-17(25-3)18(11-14)26(23,24)21-16-7-9-19(20-12-16)22-10-4-5-15(2)13-22/h6-9,11-12,15,21H,4-5,10,13H2,1-3H3. The van der Waals surface area contributed by atoms with Crippen molar-refractivity contribution in [3.63, 3.8) is 0 Å². The van der Waals surface area contributed by atoms with Gasteiger partial charge >= 0.3 is 0 Å². The number of hydrogen-bond donors (Lipinski definition) is 1. The Kier molecular flexibility index (Phi) is 5.36. The Labute approximate surface area is 155 Å². The van der Waals surface area contributed by atoms with E-state index in [-0.39, 0.29) is 4.90 Å². The summed E-state index contributed by atoms with van der Waals surface area (Å²) < 4.78 is 33.2. The second kappa shape index (κ2) is 7.53. The van der Waals surface area contributed by atoms with Crippen LogP contribution in [-0.4, -0.2) is 33.6 Å². The van der Waals surface area contributed by atoms with Gasteiger partial charge in [0, 0.05) is 13.1 Å². The van der Waals surface area contributed by atoms with Gasteiger partial charge in [0.05, 0.1) is 19.0 Å². The van der Waals surface area contributed by atoms with Crippen molar-refractivity contribution in [2.45, 2.75) is 31.6 Å². The van der Waals surface area contributed by atoms with Crippen molar-refractivity contribution in [1.29, 1.82) is 0 Å². The van der Waals surface area contributed by atoms with Gasteiger partial charge in [0.15, 0.2) is 0 Å². The first kappa shape index (κ1) is 18.5. The van der Waals surface area contributed by atoms with Crippen LogP contribution in [-0.2, 0) is 10.0 Å². The van der Waals surface area contributed by atoms with Crippen LogP contribution >= 0.6 is 0 Å². The normalized spacial score (nSPS) is 17.8. The third-order valence-corrected chi connectivity index (χ3v) is 5.99. The molecular weight excluding hydrogens is 350 g/mol.